The van der Waals surface area contributed by atoms with E-state index >= 15 is 0 Å². The lowest BCUT2D eigenvalue weighted by Crippen LogP contribution is -2.38. The lowest BCUT2D eigenvalue weighted by molar-refractivity contribution is 0.464. The Hall–Kier alpha value is -1.42. The van der Waals surface area contributed by atoms with Crippen LogP contribution >= 0.6 is 24.0 Å². The molecule has 0 aliphatic rings. The number of oxazole rings is 1. The second kappa shape index (κ2) is 11.2. The van der Waals surface area contributed by atoms with Crippen molar-refractivity contribution < 1.29 is 8.63 Å². The minimum atomic E-state index is -0.905. The predicted octanol–water partition coefficient (Wildman–Crippen LogP) is 2.52. The van der Waals surface area contributed by atoms with Crippen molar-refractivity contribution in [2.75, 3.05) is 19.3 Å². The third kappa shape index (κ3) is 7.55. The molecule has 1 atom stereocenters. The summed E-state index contributed by atoms with van der Waals surface area (Å²) in [7, 11) is 0.792. The number of aliphatic imine (C=N–C) groups is 1. The van der Waals surface area contributed by atoms with Crippen molar-refractivity contribution in [3.8, 4) is 0 Å². The molecule has 0 fully saturated rings. The number of rotatable bonds is 7. The molecule has 0 spiro atoms. The van der Waals surface area contributed by atoms with Gasteiger partial charge >= 0.3 is 0 Å². The predicted molar refractivity (Wildman–Crippen MR) is 113 cm³/mol. The molecule has 138 valence electrons. The van der Waals surface area contributed by atoms with Crippen LogP contribution in [0.4, 0.5) is 0 Å². The molecule has 0 amide bonds. The van der Waals surface area contributed by atoms with E-state index in [9.17, 15) is 4.21 Å². The molecule has 6 nitrogen and oxygen atoms in total. The summed E-state index contributed by atoms with van der Waals surface area (Å²) < 4.78 is 17.6. The van der Waals surface area contributed by atoms with Gasteiger partial charge in [-0.15, -0.1) is 24.0 Å². The molecule has 8 heteroatoms. The Morgan fingerprint density at radius 2 is 1.96 bits per heavy atom. The van der Waals surface area contributed by atoms with Crippen LogP contribution in [0.1, 0.15) is 22.9 Å². The fourth-order valence-corrected chi connectivity index (χ4v) is 3.15. The van der Waals surface area contributed by atoms with Crippen LogP contribution in [0.5, 0.6) is 0 Å². The molecule has 0 aliphatic heterocycles. The van der Waals surface area contributed by atoms with Crippen molar-refractivity contribution in [3.63, 3.8) is 0 Å². The molecule has 0 saturated heterocycles. The Morgan fingerprint density at radius 3 is 2.56 bits per heavy atom. The summed E-state index contributed by atoms with van der Waals surface area (Å²) in [6.07, 6.45) is 0. The fourth-order valence-electron chi connectivity index (χ4n) is 2.11. The van der Waals surface area contributed by atoms with Crippen LogP contribution < -0.4 is 10.6 Å². The number of nitrogens with zero attached hydrogens (tertiary/aromatic N) is 2. The minimum absolute atomic E-state index is 0. The first-order chi connectivity index (χ1) is 11.6. The first kappa shape index (κ1) is 21.6. The Bertz CT molecular complexity index is 684. The Morgan fingerprint density at radius 1 is 1.24 bits per heavy atom. The van der Waals surface area contributed by atoms with E-state index in [1.807, 2.05) is 44.2 Å². The lowest BCUT2D eigenvalue weighted by atomic mass is 10.2. The molecular formula is C17H25IN4O2S. The molecule has 1 aromatic heterocycles. The Labute approximate surface area is 168 Å². The van der Waals surface area contributed by atoms with E-state index in [4.69, 9.17) is 4.42 Å². The van der Waals surface area contributed by atoms with Gasteiger partial charge in [-0.25, -0.2) is 4.98 Å². The van der Waals surface area contributed by atoms with Crippen molar-refractivity contribution in [1.82, 2.24) is 15.6 Å². The van der Waals surface area contributed by atoms with Gasteiger partial charge in [0.15, 0.2) is 5.96 Å². The summed E-state index contributed by atoms with van der Waals surface area (Å²) >= 11 is 0. The van der Waals surface area contributed by atoms with Gasteiger partial charge in [0, 0.05) is 35.9 Å². The van der Waals surface area contributed by atoms with Crippen LogP contribution in [-0.4, -0.2) is 34.5 Å². The molecular weight excluding hydrogens is 451 g/mol. The topological polar surface area (TPSA) is 79.5 Å². The highest BCUT2D eigenvalue weighted by molar-refractivity contribution is 14.0. The second-order valence-electron chi connectivity index (χ2n) is 5.38. The maximum absolute atomic E-state index is 12.1. The zero-order chi connectivity index (χ0) is 17.4. The molecule has 2 aromatic rings. The van der Waals surface area contributed by atoms with Crippen molar-refractivity contribution >= 4 is 40.7 Å². The van der Waals surface area contributed by atoms with E-state index < -0.39 is 10.8 Å². The SMILES string of the molecule is CN=C(NCCS(=O)Cc1ccccc1)NCc1nc(C)c(C)o1.I. The summed E-state index contributed by atoms with van der Waals surface area (Å²) in [6, 6.07) is 9.87. The van der Waals surface area contributed by atoms with Gasteiger partial charge in [0.05, 0.1) is 12.2 Å². The molecule has 0 aliphatic carbocycles. The van der Waals surface area contributed by atoms with Crippen LogP contribution in [0.15, 0.2) is 39.7 Å². The number of hydrogen-bond acceptors (Lipinski definition) is 4. The molecule has 2 N–H and O–H groups in total. The number of nitrogens with one attached hydrogen (secondary N) is 2. The number of halogens is 1. The number of benzene rings is 1. The van der Waals surface area contributed by atoms with Crippen molar-refractivity contribution in [2.45, 2.75) is 26.1 Å². The maximum atomic E-state index is 12.1. The molecule has 1 unspecified atom stereocenters. The van der Waals surface area contributed by atoms with Gasteiger partial charge < -0.3 is 15.1 Å². The average molecular weight is 476 g/mol. The summed E-state index contributed by atoms with van der Waals surface area (Å²) in [5.41, 5.74) is 1.99. The van der Waals surface area contributed by atoms with E-state index in [1.165, 1.54) is 0 Å². The van der Waals surface area contributed by atoms with Gasteiger partial charge in [-0.05, 0) is 19.4 Å². The standard InChI is InChI=1S/C17H24N4O2S.HI/c1-13-14(2)23-16(21-13)11-20-17(18-3)19-9-10-24(22)12-15-7-5-4-6-8-15;/h4-8H,9-12H2,1-3H3,(H2,18,19,20);1H. The number of aryl methyl sites for hydroxylation is 2. The van der Waals surface area contributed by atoms with Crippen LogP contribution in [0.25, 0.3) is 0 Å². The molecule has 2 rings (SSSR count). The molecule has 1 aromatic carbocycles. The zero-order valence-electron chi connectivity index (χ0n) is 14.7. The van der Waals surface area contributed by atoms with Crippen LogP contribution in [0, 0.1) is 13.8 Å². The fraction of sp³-hybridized carbons (Fsp3) is 0.412. The highest BCUT2D eigenvalue weighted by Crippen LogP contribution is 2.07. The molecule has 1 heterocycles. The van der Waals surface area contributed by atoms with E-state index in [1.54, 1.807) is 7.05 Å². The first-order valence-corrected chi connectivity index (χ1v) is 9.33. The highest BCUT2D eigenvalue weighted by atomic mass is 127. The summed E-state index contributed by atoms with van der Waals surface area (Å²) in [4.78, 5) is 8.45. The van der Waals surface area contributed by atoms with E-state index in [2.05, 4.69) is 20.6 Å². The largest absolute Gasteiger partial charge is 0.444 e. The number of aromatic nitrogens is 1. The van der Waals surface area contributed by atoms with Crippen LogP contribution in [0.3, 0.4) is 0 Å². The quantitative estimate of drug-likeness (QED) is 0.365. The Kier molecular flexibility index (Phi) is 9.73. The van der Waals surface area contributed by atoms with Gasteiger partial charge in [0.1, 0.15) is 5.76 Å². The number of hydrogen-bond donors (Lipinski definition) is 2. The first-order valence-electron chi connectivity index (χ1n) is 7.85. The average Bonchev–Trinajstić information content (AvgIpc) is 2.90. The lowest BCUT2D eigenvalue weighted by Gasteiger charge is -2.10. The van der Waals surface area contributed by atoms with E-state index in [0.29, 0.717) is 36.4 Å². The summed E-state index contributed by atoms with van der Waals surface area (Å²) in [5.74, 6) is 3.22. The summed E-state index contributed by atoms with van der Waals surface area (Å²) in [5, 5.41) is 6.29. The van der Waals surface area contributed by atoms with E-state index in [-0.39, 0.29) is 24.0 Å². The summed E-state index contributed by atoms with van der Waals surface area (Å²) in [6.45, 7) is 4.85. The van der Waals surface area contributed by atoms with Gasteiger partial charge in [-0.3, -0.25) is 9.20 Å². The van der Waals surface area contributed by atoms with Crippen LogP contribution in [0.2, 0.25) is 0 Å². The highest BCUT2D eigenvalue weighted by Gasteiger charge is 2.07. The third-order valence-corrected chi connectivity index (χ3v) is 4.81. The molecule has 25 heavy (non-hydrogen) atoms. The van der Waals surface area contributed by atoms with Crippen LogP contribution in [-0.2, 0) is 23.1 Å². The van der Waals surface area contributed by atoms with Crippen molar-refractivity contribution in [3.05, 3.63) is 53.2 Å². The second-order valence-corrected chi connectivity index (χ2v) is 6.95. The molecule has 0 radical (unpaired) electrons. The normalized spacial score (nSPS) is 12.4. The van der Waals surface area contributed by atoms with Gasteiger partial charge in [0.25, 0.3) is 0 Å². The van der Waals surface area contributed by atoms with Crippen molar-refractivity contribution in [2.24, 2.45) is 4.99 Å². The minimum Gasteiger partial charge on any atom is -0.444 e. The molecule has 0 bridgehead atoms. The molecule has 0 saturated carbocycles. The van der Waals surface area contributed by atoms with Gasteiger partial charge in [-0.2, -0.15) is 0 Å². The van der Waals surface area contributed by atoms with E-state index in [0.717, 1.165) is 17.0 Å². The third-order valence-electron chi connectivity index (χ3n) is 3.50. The smallest absolute Gasteiger partial charge is 0.214 e. The van der Waals surface area contributed by atoms with Gasteiger partial charge in [0.2, 0.25) is 5.89 Å². The Balaban J connectivity index is 0.00000312. The van der Waals surface area contributed by atoms with Crippen molar-refractivity contribution in [1.29, 1.82) is 0 Å². The number of guanidine groups is 1. The van der Waals surface area contributed by atoms with Gasteiger partial charge in [-0.1, -0.05) is 30.3 Å². The monoisotopic (exact) mass is 476 g/mol. The zero-order valence-corrected chi connectivity index (χ0v) is 17.9. The maximum Gasteiger partial charge on any atom is 0.214 e.